The topological polar surface area (TPSA) is 42.7 Å². The SMILES string of the molecule is CC(C)Cc1nc2cccnc2n1CC1CCCNC1. The Morgan fingerprint density at radius 1 is 1.45 bits per heavy atom. The van der Waals surface area contributed by atoms with E-state index in [1.54, 1.807) is 0 Å². The van der Waals surface area contributed by atoms with Gasteiger partial charge >= 0.3 is 0 Å². The largest absolute Gasteiger partial charge is 0.316 e. The number of pyridine rings is 1. The van der Waals surface area contributed by atoms with Crippen molar-refractivity contribution in [1.29, 1.82) is 0 Å². The van der Waals surface area contributed by atoms with Crippen molar-refractivity contribution in [2.45, 2.75) is 39.7 Å². The van der Waals surface area contributed by atoms with E-state index in [2.05, 4.69) is 34.8 Å². The van der Waals surface area contributed by atoms with Crippen molar-refractivity contribution in [3.8, 4) is 0 Å². The molecular formula is C16H24N4. The molecule has 4 nitrogen and oxygen atoms in total. The van der Waals surface area contributed by atoms with E-state index in [1.165, 1.54) is 18.7 Å². The lowest BCUT2D eigenvalue weighted by Gasteiger charge is -2.24. The Morgan fingerprint density at radius 2 is 2.35 bits per heavy atom. The van der Waals surface area contributed by atoms with Crippen LogP contribution in [0.2, 0.25) is 0 Å². The molecule has 0 saturated carbocycles. The number of hydrogen-bond acceptors (Lipinski definition) is 3. The maximum absolute atomic E-state index is 4.80. The predicted molar refractivity (Wildman–Crippen MR) is 81.7 cm³/mol. The molecule has 1 aliphatic heterocycles. The maximum atomic E-state index is 4.80. The first-order valence-electron chi connectivity index (χ1n) is 7.75. The third kappa shape index (κ3) is 2.85. The molecule has 0 amide bonds. The highest BCUT2D eigenvalue weighted by Crippen LogP contribution is 2.20. The van der Waals surface area contributed by atoms with Crippen LogP contribution in [0.3, 0.4) is 0 Å². The van der Waals surface area contributed by atoms with Crippen molar-refractivity contribution in [3.05, 3.63) is 24.2 Å². The number of nitrogens with one attached hydrogen (secondary N) is 1. The molecule has 20 heavy (non-hydrogen) atoms. The van der Waals surface area contributed by atoms with E-state index < -0.39 is 0 Å². The standard InChI is InChI=1S/C16H24N4/c1-12(2)9-15-19-14-6-4-8-18-16(14)20(15)11-13-5-3-7-17-10-13/h4,6,8,12-13,17H,3,5,7,9-11H2,1-2H3. The minimum atomic E-state index is 0.620. The van der Waals surface area contributed by atoms with Crippen molar-refractivity contribution >= 4 is 11.2 Å². The van der Waals surface area contributed by atoms with Crippen LogP contribution in [0.15, 0.2) is 18.3 Å². The number of fused-ring (bicyclic) bond motifs is 1. The monoisotopic (exact) mass is 272 g/mol. The molecule has 1 atom stereocenters. The van der Waals surface area contributed by atoms with E-state index in [0.29, 0.717) is 11.8 Å². The zero-order chi connectivity index (χ0) is 13.9. The highest BCUT2D eigenvalue weighted by molar-refractivity contribution is 5.71. The summed E-state index contributed by atoms with van der Waals surface area (Å²) < 4.78 is 2.35. The summed E-state index contributed by atoms with van der Waals surface area (Å²) in [5.41, 5.74) is 2.08. The van der Waals surface area contributed by atoms with Crippen molar-refractivity contribution in [1.82, 2.24) is 19.9 Å². The van der Waals surface area contributed by atoms with Gasteiger partial charge < -0.3 is 9.88 Å². The van der Waals surface area contributed by atoms with Gasteiger partial charge in [0.25, 0.3) is 0 Å². The first kappa shape index (κ1) is 13.6. The molecule has 3 heterocycles. The van der Waals surface area contributed by atoms with E-state index in [-0.39, 0.29) is 0 Å². The molecule has 2 aromatic rings. The second-order valence-corrected chi connectivity index (χ2v) is 6.30. The summed E-state index contributed by atoms with van der Waals surface area (Å²) >= 11 is 0. The minimum Gasteiger partial charge on any atom is -0.316 e. The summed E-state index contributed by atoms with van der Waals surface area (Å²) in [6.07, 6.45) is 5.49. The van der Waals surface area contributed by atoms with Crippen molar-refractivity contribution in [2.24, 2.45) is 11.8 Å². The summed E-state index contributed by atoms with van der Waals surface area (Å²) in [5.74, 6) is 2.52. The first-order valence-corrected chi connectivity index (χ1v) is 7.75. The van der Waals surface area contributed by atoms with Gasteiger partial charge in [-0.2, -0.15) is 0 Å². The highest BCUT2D eigenvalue weighted by Gasteiger charge is 2.18. The van der Waals surface area contributed by atoms with Crippen LogP contribution in [0.25, 0.3) is 11.2 Å². The number of piperidine rings is 1. The Kier molecular flexibility index (Phi) is 4.01. The van der Waals surface area contributed by atoms with Gasteiger partial charge in [-0.05, 0) is 49.9 Å². The van der Waals surface area contributed by atoms with Crippen LogP contribution >= 0.6 is 0 Å². The smallest absolute Gasteiger partial charge is 0.159 e. The van der Waals surface area contributed by atoms with Gasteiger partial charge in [-0.15, -0.1) is 0 Å². The molecule has 1 unspecified atom stereocenters. The Balaban J connectivity index is 1.92. The van der Waals surface area contributed by atoms with Crippen LogP contribution in [0.1, 0.15) is 32.5 Å². The molecule has 3 rings (SSSR count). The summed E-state index contributed by atoms with van der Waals surface area (Å²) in [4.78, 5) is 9.35. The summed E-state index contributed by atoms with van der Waals surface area (Å²) in [6, 6.07) is 4.04. The van der Waals surface area contributed by atoms with Crippen LogP contribution in [-0.2, 0) is 13.0 Å². The molecule has 0 aromatic carbocycles. The average Bonchev–Trinajstić information content (AvgIpc) is 2.77. The third-order valence-corrected chi connectivity index (χ3v) is 4.01. The van der Waals surface area contributed by atoms with Gasteiger partial charge in [0, 0.05) is 19.2 Å². The van der Waals surface area contributed by atoms with E-state index in [9.17, 15) is 0 Å². The van der Waals surface area contributed by atoms with E-state index in [0.717, 1.165) is 37.2 Å². The minimum absolute atomic E-state index is 0.620. The normalized spacial score (nSPS) is 19.9. The van der Waals surface area contributed by atoms with Crippen molar-refractivity contribution in [2.75, 3.05) is 13.1 Å². The zero-order valence-electron chi connectivity index (χ0n) is 12.5. The zero-order valence-corrected chi connectivity index (χ0v) is 12.5. The lowest BCUT2D eigenvalue weighted by atomic mass is 9.99. The van der Waals surface area contributed by atoms with E-state index in [1.807, 2.05) is 12.3 Å². The molecule has 0 bridgehead atoms. The Morgan fingerprint density at radius 3 is 3.10 bits per heavy atom. The summed E-state index contributed by atoms with van der Waals surface area (Å²) in [7, 11) is 0. The van der Waals surface area contributed by atoms with Gasteiger partial charge in [-0.3, -0.25) is 0 Å². The molecule has 0 spiro atoms. The molecule has 0 radical (unpaired) electrons. The quantitative estimate of drug-likeness (QED) is 0.930. The van der Waals surface area contributed by atoms with Gasteiger partial charge in [-0.1, -0.05) is 13.8 Å². The third-order valence-electron chi connectivity index (χ3n) is 4.01. The van der Waals surface area contributed by atoms with Gasteiger partial charge in [0.1, 0.15) is 11.3 Å². The first-order chi connectivity index (χ1) is 9.74. The lowest BCUT2D eigenvalue weighted by Crippen LogP contribution is -2.32. The van der Waals surface area contributed by atoms with E-state index in [4.69, 9.17) is 4.98 Å². The fraction of sp³-hybridized carbons (Fsp3) is 0.625. The lowest BCUT2D eigenvalue weighted by molar-refractivity contribution is 0.335. The second-order valence-electron chi connectivity index (χ2n) is 6.30. The van der Waals surface area contributed by atoms with Gasteiger partial charge in [0.05, 0.1) is 0 Å². The molecule has 1 aliphatic rings. The number of nitrogens with zero attached hydrogens (tertiary/aromatic N) is 3. The van der Waals surface area contributed by atoms with Crippen LogP contribution in [-0.4, -0.2) is 27.6 Å². The van der Waals surface area contributed by atoms with Crippen LogP contribution in [0.4, 0.5) is 0 Å². The van der Waals surface area contributed by atoms with Crippen molar-refractivity contribution < 1.29 is 0 Å². The summed E-state index contributed by atoms with van der Waals surface area (Å²) in [5, 5.41) is 3.50. The summed E-state index contributed by atoms with van der Waals surface area (Å²) in [6.45, 7) is 7.83. The van der Waals surface area contributed by atoms with Crippen LogP contribution < -0.4 is 5.32 Å². The van der Waals surface area contributed by atoms with Gasteiger partial charge in [-0.25, -0.2) is 9.97 Å². The Bertz CT molecular complexity index is 567. The van der Waals surface area contributed by atoms with Crippen LogP contribution in [0.5, 0.6) is 0 Å². The Hall–Kier alpha value is -1.42. The van der Waals surface area contributed by atoms with Gasteiger partial charge in [0.15, 0.2) is 5.65 Å². The number of rotatable bonds is 4. The molecule has 1 fully saturated rings. The predicted octanol–water partition coefficient (Wildman–Crippen LogP) is 2.63. The fourth-order valence-electron chi connectivity index (χ4n) is 3.06. The second kappa shape index (κ2) is 5.92. The molecule has 1 saturated heterocycles. The van der Waals surface area contributed by atoms with Crippen molar-refractivity contribution in [3.63, 3.8) is 0 Å². The molecular weight excluding hydrogens is 248 g/mol. The highest BCUT2D eigenvalue weighted by atomic mass is 15.1. The number of imidazole rings is 1. The average molecular weight is 272 g/mol. The molecule has 2 aromatic heterocycles. The van der Waals surface area contributed by atoms with Gasteiger partial charge in [0.2, 0.25) is 0 Å². The molecule has 108 valence electrons. The molecule has 1 N–H and O–H groups in total. The molecule has 0 aliphatic carbocycles. The molecule has 4 heteroatoms. The Labute approximate surface area is 120 Å². The van der Waals surface area contributed by atoms with E-state index >= 15 is 0 Å². The number of aromatic nitrogens is 3. The maximum Gasteiger partial charge on any atom is 0.159 e. The van der Waals surface area contributed by atoms with Crippen LogP contribution in [0, 0.1) is 11.8 Å². The fourth-order valence-corrected chi connectivity index (χ4v) is 3.06. The number of hydrogen-bond donors (Lipinski definition) is 1.